The van der Waals surface area contributed by atoms with Crippen LogP contribution in [-0.4, -0.2) is 11.8 Å². The molecule has 0 radical (unpaired) electrons. The molecule has 2 aromatic carbocycles. The number of aryl methyl sites for hydroxylation is 1. The van der Waals surface area contributed by atoms with E-state index < -0.39 is 0 Å². The third-order valence-electron chi connectivity index (χ3n) is 3.81. The van der Waals surface area contributed by atoms with Crippen molar-refractivity contribution in [3.63, 3.8) is 0 Å². The summed E-state index contributed by atoms with van der Waals surface area (Å²) in [6.07, 6.45) is 3.42. The normalized spacial score (nSPS) is 9.81. The molecule has 0 aliphatic rings. The number of aromatic nitrogens is 1. The van der Waals surface area contributed by atoms with Gasteiger partial charge in [-0.2, -0.15) is 4.57 Å². The summed E-state index contributed by atoms with van der Waals surface area (Å²) in [6, 6.07) is 20.3. The molecule has 0 fully saturated rings. The highest BCUT2D eigenvalue weighted by molar-refractivity contribution is 6.03. The van der Waals surface area contributed by atoms with E-state index in [2.05, 4.69) is 10.6 Å². The summed E-state index contributed by atoms with van der Waals surface area (Å²) < 4.78 is 1.68. The number of carbonyl (C=O) groups excluding carboxylic acids is 2. The van der Waals surface area contributed by atoms with Crippen LogP contribution in [-0.2, 0) is 11.3 Å². The topological polar surface area (TPSA) is 62.1 Å². The Labute approximate surface area is 164 Å². The first kappa shape index (κ1) is 20.1. The van der Waals surface area contributed by atoms with Crippen molar-refractivity contribution in [3.05, 3.63) is 90.3 Å². The first-order valence-corrected chi connectivity index (χ1v) is 8.32. The van der Waals surface area contributed by atoms with Gasteiger partial charge >= 0.3 is 0 Å². The number of hydrogen-bond donors (Lipinski definition) is 2. The minimum absolute atomic E-state index is 0. The zero-order valence-corrected chi connectivity index (χ0v) is 15.6. The Morgan fingerprint density at radius 2 is 1.52 bits per heavy atom. The predicted molar refractivity (Wildman–Crippen MR) is 101 cm³/mol. The van der Waals surface area contributed by atoms with E-state index >= 15 is 0 Å². The van der Waals surface area contributed by atoms with E-state index in [9.17, 15) is 9.59 Å². The van der Waals surface area contributed by atoms with Crippen LogP contribution in [0.25, 0.3) is 0 Å². The Kier molecular flexibility index (Phi) is 7.08. The molecule has 5 nitrogen and oxygen atoms in total. The van der Waals surface area contributed by atoms with E-state index in [-0.39, 0.29) is 30.8 Å². The lowest BCUT2D eigenvalue weighted by molar-refractivity contribution is -0.684. The fourth-order valence-electron chi connectivity index (χ4n) is 2.48. The number of hydrogen-bond acceptors (Lipinski definition) is 2. The van der Waals surface area contributed by atoms with Crippen molar-refractivity contribution in [2.24, 2.45) is 0 Å². The van der Waals surface area contributed by atoms with E-state index in [1.807, 2.05) is 61.5 Å². The number of anilines is 2. The van der Waals surface area contributed by atoms with E-state index in [1.165, 1.54) is 0 Å². The predicted octanol–water partition coefficient (Wildman–Crippen LogP) is 0.178. The fraction of sp³-hybridized carbons (Fsp3) is 0.0952. The van der Waals surface area contributed by atoms with Crippen molar-refractivity contribution >= 4 is 23.2 Å². The summed E-state index contributed by atoms with van der Waals surface area (Å²) in [7, 11) is 0. The lowest BCUT2D eigenvalue weighted by Crippen LogP contribution is -3.00. The van der Waals surface area contributed by atoms with E-state index in [0.29, 0.717) is 5.56 Å². The summed E-state index contributed by atoms with van der Waals surface area (Å²) in [5.41, 5.74) is 3.10. The van der Waals surface area contributed by atoms with Crippen molar-refractivity contribution < 1.29 is 26.6 Å². The summed E-state index contributed by atoms with van der Waals surface area (Å²) in [6.45, 7) is 2.12. The maximum absolute atomic E-state index is 12.4. The molecule has 3 aromatic rings. The van der Waals surface area contributed by atoms with Crippen LogP contribution in [0.1, 0.15) is 15.9 Å². The van der Waals surface area contributed by atoms with Crippen LogP contribution in [0.2, 0.25) is 0 Å². The number of nitrogens with zero attached hydrogens (tertiary/aromatic N) is 1. The molecule has 0 aliphatic heterocycles. The fourth-order valence-corrected chi connectivity index (χ4v) is 2.48. The molecule has 6 heteroatoms. The van der Waals surface area contributed by atoms with Gasteiger partial charge in [-0.05, 0) is 37.3 Å². The van der Waals surface area contributed by atoms with Gasteiger partial charge in [0, 0.05) is 17.4 Å². The van der Waals surface area contributed by atoms with E-state index in [1.54, 1.807) is 29.1 Å². The molecular formula is C21H20ClN3O2. The highest BCUT2D eigenvalue weighted by Gasteiger charge is 2.14. The summed E-state index contributed by atoms with van der Waals surface area (Å²) in [5, 5.41) is 5.68. The Bertz CT molecular complexity index is 912. The van der Waals surface area contributed by atoms with Gasteiger partial charge < -0.3 is 23.0 Å². The number of carbonyl (C=O) groups is 2. The van der Waals surface area contributed by atoms with Gasteiger partial charge in [0.25, 0.3) is 11.8 Å². The monoisotopic (exact) mass is 381 g/mol. The number of halogens is 1. The quantitative estimate of drug-likeness (QED) is 0.619. The van der Waals surface area contributed by atoms with Crippen LogP contribution >= 0.6 is 0 Å². The number of benzene rings is 2. The SMILES string of the molecule is Cc1ccc(NC(=O)C[n+]2cccc(C(=O)Nc3ccccc3)c2)cc1.[Cl-]. The van der Waals surface area contributed by atoms with Gasteiger partial charge in [-0.15, -0.1) is 0 Å². The third-order valence-corrected chi connectivity index (χ3v) is 3.81. The Hall–Kier alpha value is -3.18. The zero-order chi connectivity index (χ0) is 18.4. The molecule has 0 bridgehead atoms. The molecule has 27 heavy (non-hydrogen) atoms. The highest BCUT2D eigenvalue weighted by Crippen LogP contribution is 2.09. The van der Waals surface area contributed by atoms with Crippen molar-refractivity contribution in [1.82, 2.24) is 0 Å². The Balaban J connectivity index is 0.00000261. The molecule has 0 atom stereocenters. The van der Waals surface area contributed by atoms with Gasteiger partial charge in [-0.25, -0.2) is 0 Å². The molecule has 2 amide bonds. The first-order valence-electron chi connectivity index (χ1n) is 8.32. The maximum Gasteiger partial charge on any atom is 0.290 e. The zero-order valence-electron chi connectivity index (χ0n) is 14.9. The lowest BCUT2D eigenvalue weighted by Gasteiger charge is -2.05. The van der Waals surface area contributed by atoms with Crippen molar-refractivity contribution in [2.75, 3.05) is 10.6 Å². The molecule has 0 saturated heterocycles. The second kappa shape index (κ2) is 9.50. The Morgan fingerprint density at radius 1 is 0.852 bits per heavy atom. The van der Waals surface area contributed by atoms with Crippen LogP contribution in [0.3, 0.4) is 0 Å². The first-order chi connectivity index (χ1) is 12.6. The average Bonchev–Trinajstić information content (AvgIpc) is 2.64. The van der Waals surface area contributed by atoms with Gasteiger partial charge in [0.05, 0.1) is 0 Å². The molecule has 0 unspecified atom stereocenters. The van der Waals surface area contributed by atoms with Crippen LogP contribution in [0.4, 0.5) is 11.4 Å². The molecule has 0 spiro atoms. The van der Waals surface area contributed by atoms with Crippen LogP contribution in [0, 0.1) is 6.92 Å². The molecule has 3 rings (SSSR count). The van der Waals surface area contributed by atoms with Crippen molar-refractivity contribution in [1.29, 1.82) is 0 Å². The smallest absolute Gasteiger partial charge is 0.290 e. The number of rotatable bonds is 5. The number of amides is 2. The minimum atomic E-state index is -0.218. The van der Waals surface area contributed by atoms with Crippen LogP contribution in [0.5, 0.6) is 0 Å². The largest absolute Gasteiger partial charge is 1.00 e. The number of nitrogens with one attached hydrogen (secondary N) is 2. The molecule has 0 aliphatic carbocycles. The Morgan fingerprint density at radius 3 is 2.22 bits per heavy atom. The number of para-hydroxylation sites is 1. The molecule has 1 aromatic heterocycles. The van der Waals surface area contributed by atoms with Gasteiger partial charge in [0.1, 0.15) is 5.56 Å². The summed E-state index contributed by atoms with van der Waals surface area (Å²) in [5.74, 6) is -0.371. The van der Waals surface area contributed by atoms with Gasteiger partial charge in [-0.3, -0.25) is 9.59 Å². The molecule has 138 valence electrons. The minimum Gasteiger partial charge on any atom is -1.00 e. The summed E-state index contributed by atoms with van der Waals surface area (Å²) >= 11 is 0. The van der Waals surface area contributed by atoms with Crippen LogP contribution in [0.15, 0.2) is 79.1 Å². The van der Waals surface area contributed by atoms with E-state index in [4.69, 9.17) is 0 Å². The second-order valence-electron chi connectivity index (χ2n) is 6.00. The van der Waals surface area contributed by atoms with Gasteiger partial charge in [0.2, 0.25) is 6.54 Å². The standard InChI is InChI=1S/C21H19N3O2.ClH/c1-16-9-11-19(12-10-16)22-20(25)15-24-13-5-6-17(14-24)21(26)23-18-7-3-2-4-8-18;/h2-14H,15H2,1H3,(H-,22,23,25,26);1H. The van der Waals surface area contributed by atoms with Crippen molar-refractivity contribution in [2.45, 2.75) is 13.5 Å². The third kappa shape index (κ3) is 5.94. The second-order valence-corrected chi connectivity index (χ2v) is 6.00. The average molecular weight is 382 g/mol. The molecule has 0 saturated carbocycles. The van der Waals surface area contributed by atoms with Crippen molar-refractivity contribution in [3.8, 4) is 0 Å². The maximum atomic E-state index is 12.4. The molecule has 1 heterocycles. The van der Waals surface area contributed by atoms with E-state index in [0.717, 1.165) is 16.9 Å². The highest BCUT2D eigenvalue weighted by atomic mass is 35.5. The molecule has 2 N–H and O–H groups in total. The summed E-state index contributed by atoms with van der Waals surface area (Å²) in [4.78, 5) is 24.6. The van der Waals surface area contributed by atoms with Crippen LogP contribution < -0.4 is 27.6 Å². The number of pyridine rings is 1. The lowest BCUT2D eigenvalue weighted by atomic mass is 10.2. The molecular weight excluding hydrogens is 362 g/mol. The van der Waals surface area contributed by atoms with Gasteiger partial charge in [-0.1, -0.05) is 35.9 Å². The van der Waals surface area contributed by atoms with Gasteiger partial charge in [0.15, 0.2) is 12.4 Å².